The van der Waals surface area contributed by atoms with Gasteiger partial charge in [0.2, 0.25) is 40.5 Å². The van der Waals surface area contributed by atoms with E-state index < -0.39 is 17.9 Å². The number of aromatic carboxylic acids is 2. The van der Waals surface area contributed by atoms with Crippen molar-refractivity contribution < 1.29 is 87.1 Å². The van der Waals surface area contributed by atoms with Crippen molar-refractivity contribution in [1.29, 1.82) is 0 Å². The van der Waals surface area contributed by atoms with Crippen molar-refractivity contribution >= 4 is 158 Å². The highest BCUT2D eigenvalue weighted by atomic mass is 32.1. The van der Waals surface area contributed by atoms with Crippen molar-refractivity contribution in [2.45, 2.75) is 237 Å². The molecule has 0 unspecified atom stereocenters. The number of carboxylic acids is 3. The van der Waals surface area contributed by atoms with Crippen LogP contribution in [0.15, 0.2) is 180 Å². The Morgan fingerprint density at radius 3 is 0.799 bits per heavy atom. The van der Waals surface area contributed by atoms with E-state index in [1.54, 1.807) is 66.1 Å². The number of amides is 6. The van der Waals surface area contributed by atoms with Crippen LogP contribution in [0.5, 0.6) is 0 Å². The summed E-state index contributed by atoms with van der Waals surface area (Å²) in [6, 6.07) is 43.2. The van der Waals surface area contributed by atoms with Crippen molar-refractivity contribution in [3.63, 3.8) is 0 Å². The number of rotatable bonds is 30. The third kappa shape index (κ3) is 29.2. The van der Waals surface area contributed by atoms with Gasteiger partial charge in [0.15, 0.2) is 0 Å². The highest BCUT2D eigenvalue weighted by molar-refractivity contribution is 7.14. The second kappa shape index (κ2) is 52.5. The van der Waals surface area contributed by atoms with E-state index >= 15 is 0 Å². The molecule has 6 aromatic carbocycles. The van der Waals surface area contributed by atoms with E-state index in [1.165, 1.54) is 62.2 Å². The van der Waals surface area contributed by atoms with Crippen molar-refractivity contribution in [2.24, 2.45) is 68.0 Å². The largest absolute Gasteiger partial charge is 0.478 e. The molecular weight excluding hydrogens is 1880 g/mol. The number of nitrogens with one attached hydrogen (secondary N) is 6. The average molecular weight is 2020 g/mol. The molecule has 6 aliphatic rings. The molecular formula is C114H141N9O18S3. The number of aromatic nitrogens is 3. The predicted molar refractivity (Wildman–Crippen MR) is 572 cm³/mol. The van der Waals surface area contributed by atoms with Crippen LogP contribution in [-0.4, -0.2) is 123 Å². The zero-order valence-electron chi connectivity index (χ0n) is 85.5. The minimum absolute atomic E-state index is 0.0677. The molecule has 0 saturated heterocycles. The number of methoxy groups -OCH3 is 3. The SMILES string of the molecule is CC(C)C1(C(=O)Nc2ccc(-c3csc(C(=O)O)n3)cc2)CCCC1.CC(C)C1(C(=O)Nc2ccc(/C=C/C(=O)O)cc2)CCCC1.CC(C)C1(C(=O)Nc2csc(-c3ccc(C(=O)O)cc3)n2)CCCC1.COC(=O)/C=C/c1ccc(NC(=O)C2(C(C)C)CCCC2)cc1.COC(=O)/C=C/c1ccc(NC(=O)C2(C(C)C)CCCC2)cc1.COC(=O)c1ccc(-c2nc(NC(=O)C3(C(C)C)CCCC3)cs2)cc1. The molecule has 6 fully saturated rings. The highest BCUT2D eigenvalue weighted by Gasteiger charge is 2.49. The van der Waals surface area contributed by atoms with Crippen LogP contribution < -0.4 is 31.9 Å². The van der Waals surface area contributed by atoms with Gasteiger partial charge in [-0.2, -0.15) is 0 Å². The first-order chi connectivity index (χ1) is 68.7. The molecule has 6 aliphatic carbocycles. The van der Waals surface area contributed by atoms with Gasteiger partial charge in [0.1, 0.15) is 21.7 Å². The Labute approximate surface area is 858 Å². The molecule has 0 bridgehead atoms. The second-order valence-corrected chi connectivity index (χ2v) is 42.6. The van der Waals surface area contributed by atoms with Crippen molar-refractivity contribution in [1.82, 2.24) is 15.0 Å². The summed E-state index contributed by atoms with van der Waals surface area (Å²) in [4.78, 5) is 156. The molecule has 0 radical (unpaired) electrons. The Balaban J connectivity index is 0.000000178. The quantitative estimate of drug-likeness (QED) is 0.0115. The summed E-state index contributed by atoms with van der Waals surface area (Å²) in [5, 5.41) is 51.8. The van der Waals surface area contributed by atoms with Crippen LogP contribution in [0.25, 0.3) is 50.6 Å². The highest BCUT2D eigenvalue weighted by Crippen LogP contribution is 2.51. The van der Waals surface area contributed by atoms with E-state index in [4.69, 9.17) is 20.1 Å². The van der Waals surface area contributed by atoms with E-state index in [2.05, 4.69) is 139 Å². The number of carboxylic acid groups (broad SMARTS) is 3. The van der Waals surface area contributed by atoms with Crippen LogP contribution in [0.2, 0.25) is 0 Å². The molecule has 15 rings (SSSR count). The Morgan fingerprint density at radius 2 is 0.556 bits per heavy atom. The number of carbonyl (C=O) groups is 12. The van der Waals surface area contributed by atoms with Gasteiger partial charge in [-0.15, -0.1) is 34.0 Å². The number of anilines is 6. The fourth-order valence-corrected chi connectivity index (χ4v) is 22.6. The van der Waals surface area contributed by atoms with Gasteiger partial charge in [0.25, 0.3) is 0 Å². The van der Waals surface area contributed by atoms with Gasteiger partial charge in [-0.05, 0) is 220 Å². The molecule has 6 amide bonds. The maximum atomic E-state index is 12.9. The Bertz CT molecular complexity index is 5830. The molecule has 144 heavy (non-hydrogen) atoms. The average Bonchev–Trinajstić information content (AvgIpc) is 1.65. The predicted octanol–water partition coefficient (Wildman–Crippen LogP) is 26.1. The summed E-state index contributed by atoms with van der Waals surface area (Å²) >= 11 is 4.01. The molecule has 0 spiro atoms. The number of thiazole rings is 3. The standard InChI is InChI=1S/C20H24N2O3S.2C19H22N2O3S.2C19H25NO3.C18H23NO3/c1-13(2)20(10-4-5-11-20)19(24)22-16-12-26-17(21-16)14-6-8-15(9-7-14)18(23)25-3;1-12(2)19(9-3-4-10-19)18(24)21-15-11-25-16(20-15)13-5-7-14(8-6-13)17(22)23;1-12(2)19(9-3-4-10-19)18(24)20-14-7-5-13(6-8-14)15-11-25-16(21-15)17(22)23;2*1-14(2)19(12-4-5-13-19)18(22)20-16-9-6-15(7-10-16)8-11-17(21)23-3;1-13(2)18(11-3-4-12-18)17(22)19-15-8-5-14(6-9-15)7-10-16(20)21/h6-9,12-13H,4-5,10-11H2,1-3H3,(H,22,24);5-8,11-12H,3-4,9-10H2,1-2H3,(H,21,24)(H,22,23);5-8,11-12H,3-4,9-10H2,1-2H3,(H,20,24)(H,22,23);2*6-11,14H,4-5,12-13H2,1-3H3,(H,20,22);5-10,13H,3-4,11-12H2,1-2H3,(H,19,22)(H,20,21)/b;;;2*11-8+;10-7+. The maximum Gasteiger partial charge on any atom is 0.365 e. The molecule has 9 aromatic rings. The molecule has 768 valence electrons. The molecule has 0 aliphatic heterocycles. The summed E-state index contributed by atoms with van der Waals surface area (Å²) in [7, 11) is 4.05. The zero-order valence-corrected chi connectivity index (χ0v) is 88.0. The number of nitrogens with zero attached hydrogens (tertiary/aromatic N) is 3. The normalized spacial score (nSPS) is 16.4. The lowest BCUT2D eigenvalue weighted by atomic mass is 9.75. The minimum Gasteiger partial charge on any atom is -0.478 e. The van der Waals surface area contributed by atoms with Crippen LogP contribution >= 0.6 is 34.0 Å². The number of aliphatic carboxylic acids is 1. The summed E-state index contributed by atoms with van der Waals surface area (Å²) in [5.41, 5.74) is 8.08. The van der Waals surface area contributed by atoms with E-state index in [9.17, 15) is 57.5 Å². The third-order valence-electron chi connectivity index (χ3n) is 30.0. The molecule has 3 heterocycles. The lowest BCUT2D eigenvalue weighted by Gasteiger charge is -2.31. The minimum atomic E-state index is -1.02. The van der Waals surface area contributed by atoms with E-state index in [1.807, 2.05) is 108 Å². The lowest BCUT2D eigenvalue weighted by Crippen LogP contribution is -2.38. The first kappa shape index (κ1) is 113. The summed E-state index contributed by atoms with van der Waals surface area (Å²) < 4.78 is 13.8. The van der Waals surface area contributed by atoms with E-state index in [0.29, 0.717) is 58.4 Å². The number of benzene rings is 6. The number of hydrogen-bond acceptors (Lipinski definition) is 21. The fraction of sp³-hybridized carbons (Fsp3) is 0.447. The van der Waals surface area contributed by atoms with Gasteiger partial charge in [-0.1, -0.05) is 233 Å². The van der Waals surface area contributed by atoms with Gasteiger partial charge >= 0.3 is 35.8 Å². The number of carbonyl (C=O) groups excluding carboxylic acids is 9. The number of hydrogen-bond donors (Lipinski definition) is 9. The second-order valence-electron chi connectivity index (χ2n) is 40.0. The van der Waals surface area contributed by atoms with Crippen molar-refractivity contribution in [3.8, 4) is 32.4 Å². The van der Waals surface area contributed by atoms with Gasteiger partial charge in [-0.3, -0.25) is 28.8 Å². The van der Waals surface area contributed by atoms with Gasteiger partial charge in [0, 0.05) is 73.8 Å². The molecule has 3 aromatic heterocycles. The number of esters is 3. The Morgan fingerprint density at radius 1 is 0.299 bits per heavy atom. The smallest absolute Gasteiger partial charge is 0.365 e. The van der Waals surface area contributed by atoms with Gasteiger partial charge < -0.3 is 61.4 Å². The summed E-state index contributed by atoms with van der Waals surface area (Å²) in [6.07, 6.45) is 33.6. The Kier molecular flexibility index (Phi) is 41.2. The molecule has 0 atom stereocenters. The first-order valence-corrected chi connectivity index (χ1v) is 52.7. The van der Waals surface area contributed by atoms with Crippen molar-refractivity contribution in [3.05, 3.63) is 213 Å². The summed E-state index contributed by atoms with van der Waals surface area (Å²) in [6.45, 7) is 25.5. The van der Waals surface area contributed by atoms with Crippen LogP contribution in [0.3, 0.4) is 0 Å². The van der Waals surface area contributed by atoms with E-state index in [0.717, 1.165) is 238 Å². The van der Waals surface area contributed by atoms with E-state index in [-0.39, 0.29) is 96.4 Å². The first-order valence-electron chi connectivity index (χ1n) is 50.0. The molecule has 30 heteroatoms. The van der Waals surface area contributed by atoms with Crippen molar-refractivity contribution in [2.75, 3.05) is 53.2 Å². The monoisotopic (exact) mass is 2020 g/mol. The lowest BCUT2D eigenvalue weighted by molar-refractivity contribution is -0.135. The number of ether oxygens (including phenoxy) is 3. The van der Waals surface area contributed by atoms with Crippen LogP contribution in [-0.2, 0) is 57.4 Å². The van der Waals surface area contributed by atoms with Crippen LogP contribution in [0, 0.1) is 68.0 Å². The van der Waals surface area contributed by atoms with Crippen LogP contribution in [0.1, 0.15) is 284 Å². The van der Waals surface area contributed by atoms with Gasteiger partial charge in [-0.25, -0.2) is 43.7 Å². The topological polar surface area (TPSA) is 404 Å². The summed E-state index contributed by atoms with van der Waals surface area (Å²) in [5.74, 6) is -0.351. The fourth-order valence-electron chi connectivity index (χ4n) is 20.4. The molecule has 6 saturated carbocycles. The van der Waals surface area contributed by atoms with Crippen LogP contribution in [0.4, 0.5) is 34.4 Å². The molecule has 27 nitrogen and oxygen atoms in total. The zero-order chi connectivity index (χ0) is 105. The van der Waals surface area contributed by atoms with Gasteiger partial charge in [0.05, 0.1) is 70.6 Å². The third-order valence-corrected chi connectivity index (χ3v) is 32.6. The maximum absolute atomic E-state index is 12.9. The molecule has 9 N–H and O–H groups in total. The Hall–Kier alpha value is -12.9.